The van der Waals surface area contributed by atoms with Crippen LogP contribution in [-0.2, 0) is 11.3 Å². The van der Waals surface area contributed by atoms with Crippen LogP contribution in [0.2, 0.25) is 5.02 Å². The first-order chi connectivity index (χ1) is 14.3. The number of hydrogen-bond donors (Lipinski definition) is 0. The molecule has 0 unspecified atom stereocenters. The molecule has 156 valence electrons. The van der Waals surface area contributed by atoms with Gasteiger partial charge >= 0.3 is 0 Å². The van der Waals surface area contributed by atoms with Gasteiger partial charge in [0.1, 0.15) is 11.6 Å². The van der Waals surface area contributed by atoms with Crippen LogP contribution < -0.4 is 4.74 Å². The van der Waals surface area contributed by atoms with Crippen LogP contribution in [0, 0.1) is 5.82 Å². The predicted molar refractivity (Wildman–Crippen MR) is 109 cm³/mol. The van der Waals surface area contributed by atoms with Crippen LogP contribution in [0.5, 0.6) is 5.75 Å². The van der Waals surface area contributed by atoms with Gasteiger partial charge < -0.3 is 14.1 Å². The number of nitrogens with zero attached hydrogens (tertiary/aromatic N) is 3. The van der Waals surface area contributed by atoms with Gasteiger partial charge in [-0.2, -0.15) is 0 Å². The zero-order valence-corrected chi connectivity index (χ0v) is 17.4. The number of rotatable bonds is 7. The van der Waals surface area contributed by atoms with Crippen LogP contribution >= 0.6 is 11.6 Å². The average Bonchev–Trinajstić information content (AvgIpc) is 3.46. The van der Waals surface area contributed by atoms with Crippen molar-refractivity contribution in [3.63, 3.8) is 0 Å². The van der Waals surface area contributed by atoms with Crippen LogP contribution in [0.1, 0.15) is 32.6 Å². The number of amides is 1. The molecule has 8 heteroatoms. The maximum Gasteiger partial charge on any atom is 0.266 e. The van der Waals surface area contributed by atoms with E-state index >= 15 is 0 Å². The van der Waals surface area contributed by atoms with E-state index in [1.165, 1.54) is 24.3 Å². The van der Waals surface area contributed by atoms with Crippen molar-refractivity contribution in [2.24, 2.45) is 0 Å². The SMILES string of the molecule is CC(C)(Oc1ccc(F)cc1)C(=O)N(Cc1nnc(-c2ccc(Cl)cc2)o1)C1CC1. The molecule has 3 aromatic rings. The molecule has 0 radical (unpaired) electrons. The number of ether oxygens (including phenoxy) is 1. The number of hydrogen-bond acceptors (Lipinski definition) is 5. The Balaban J connectivity index is 1.49. The Hall–Kier alpha value is -2.93. The second-order valence-electron chi connectivity index (χ2n) is 7.74. The standard InChI is InChI=1S/C22H21ClFN3O3/c1-22(2,30-18-11-7-16(24)8-12-18)21(28)27(17-9-10-17)13-19-25-26-20(29-19)14-3-5-15(23)6-4-14/h3-8,11-12,17H,9-10,13H2,1-2H3. The average molecular weight is 430 g/mol. The minimum atomic E-state index is -1.14. The molecule has 1 saturated carbocycles. The third kappa shape index (κ3) is 4.62. The monoisotopic (exact) mass is 429 g/mol. The molecule has 1 aromatic heterocycles. The van der Waals surface area contributed by atoms with E-state index in [4.69, 9.17) is 20.8 Å². The van der Waals surface area contributed by atoms with Gasteiger partial charge in [0.05, 0.1) is 6.54 Å². The van der Waals surface area contributed by atoms with Crippen molar-refractivity contribution < 1.29 is 18.3 Å². The van der Waals surface area contributed by atoms with E-state index in [2.05, 4.69) is 10.2 Å². The lowest BCUT2D eigenvalue weighted by atomic mass is 10.1. The normalized spacial score (nSPS) is 13.9. The largest absolute Gasteiger partial charge is 0.478 e. The highest BCUT2D eigenvalue weighted by Crippen LogP contribution is 2.32. The molecule has 4 rings (SSSR count). The smallest absolute Gasteiger partial charge is 0.266 e. The fourth-order valence-electron chi connectivity index (χ4n) is 3.11. The Morgan fingerprint density at radius 1 is 1.17 bits per heavy atom. The Bertz CT molecular complexity index is 1030. The molecule has 1 fully saturated rings. The highest BCUT2D eigenvalue weighted by molar-refractivity contribution is 6.30. The summed E-state index contributed by atoms with van der Waals surface area (Å²) >= 11 is 5.92. The van der Waals surface area contributed by atoms with Crippen molar-refractivity contribution >= 4 is 17.5 Å². The molecule has 0 N–H and O–H groups in total. The number of benzene rings is 2. The van der Waals surface area contributed by atoms with Gasteiger partial charge in [0.15, 0.2) is 5.60 Å². The molecule has 0 atom stereocenters. The van der Waals surface area contributed by atoms with E-state index in [9.17, 15) is 9.18 Å². The van der Waals surface area contributed by atoms with E-state index in [0.717, 1.165) is 18.4 Å². The number of aromatic nitrogens is 2. The van der Waals surface area contributed by atoms with Crippen molar-refractivity contribution in [3.8, 4) is 17.2 Å². The van der Waals surface area contributed by atoms with E-state index in [0.29, 0.717) is 22.6 Å². The lowest BCUT2D eigenvalue weighted by Gasteiger charge is -2.31. The molecule has 0 spiro atoms. The first-order valence-electron chi connectivity index (χ1n) is 9.66. The highest BCUT2D eigenvalue weighted by Gasteiger charge is 2.42. The zero-order valence-electron chi connectivity index (χ0n) is 16.6. The first-order valence-corrected chi connectivity index (χ1v) is 10.0. The summed E-state index contributed by atoms with van der Waals surface area (Å²) in [4.78, 5) is 15.0. The van der Waals surface area contributed by atoms with Gasteiger partial charge in [0, 0.05) is 16.6 Å². The summed E-state index contributed by atoms with van der Waals surface area (Å²) in [7, 11) is 0. The molecule has 30 heavy (non-hydrogen) atoms. The van der Waals surface area contributed by atoms with E-state index in [-0.39, 0.29) is 24.3 Å². The van der Waals surface area contributed by atoms with Gasteiger partial charge in [-0.1, -0.05) is 11.6 Å². The Morgan fingerprint density at radius 2 is 1.83 bits per heavy atom. The van der Waals surface area contributed by atoms with Gasteiger partial charge in [0.2, 0.25) is 11.8 Å². The summed E-state index contributed by atoms with van der Waals surface area (Å²) in [6, 6.07) is 12.8. The van der Waals surface area contributed by atoms with Crippen molar-refractivity contribution in [1.82, 2.24) is 15.1 Å². The summed E-state index contributed by atoms with van der Waals surface area (Å²) < 4.78 is 24.8. The number of carbonyl (C=O) groups excluding carboxylic acids is 1. The highest BCUT2D eigenvalue weighted by atomic mass is 35.5. The molecule has 2 aromatic carbocycles. The van der Waals surface area contributed by atoms with Gasteiger partial charge in [-0.05, 0) is 75.2 Å². The third-order valence-electron chi connectivity index (χ3n) is 4.81. The molecule has 0 aliphatic heterocycles. The number of halogens is 2. The van der Waals surface area contributed by atoms with Crippen LogP contribution in [-0.4, -0.2) is 32.6 Å². The molecule has 1 amide bonds. The Labute approximate surface area is 178 Å². The summed E-state index contributed by atoms with van der Waals surface area (Å²) in [5.74, 6) is 0.581. The third-order valence-corrected chi connectivity index (χ3v) is 5.07. The Morgan fingerprint density at radius 3 is 2.47 bits per heavy atom. The van der Waals surface area contributed by atoms with Crippen LogP contribution in [0.25, 0.3) is 11.5 Å². The summed E-state index contributed by atoms with van der Waals surface area (Å²) in [5, 5.41) is 8.80. The van der Waals surface area contributed by atoms with Crippen molar-refractivity contribution in [2.45, 2.75) is 44.9 Å². The Kier molecular flexibility index (Phi) is 5.47. The molecule has 1 heterocycles. The van der Waals surface area contributed by atoms with E-state index < -0.39 is 5.60 Å². The van der Waals surface area contributed by atoms with Crippen LogP contribution in [0.15, 0.2) is 52.9 Å². The molecule has 0 bridgehead atoms. The quantitative estimate of drug-likeness (QED) is 0.535. The maximum absolute atomic E-state index is 13.3. The van der Waals surface area contributed by atoms with Gasteiger partial charge in [-0.25, -0.2) is 4.39 Å². The van der Waals surface area contributed by atoms with Crippen LogP contribution in [0.4, 0.5) is 4.39 Å². The van der Waals surface area contributed by atoms with Gasteiger partial charge in [0.25, 0.3) is 5.91 Å². The summed E-state index contributed by atoms with van der Waals surface area (Å²) in [6.45, 7) is 3.59. The fourth-order valence-corrected chi connectivity index (χ4v) is 3.24. The predicted octanol–water partition coefficient (Wildman–Crippen LogP) is 4.88. The lowest BCUT2D eigenvalue weighted by molar-refractivity contribution is -0.147. The van der Waals surface area contributed by atoms with Crippen molar-refractivity contribution in [1.29, 1.82) is 0 Å². The minimum absolute atomic E-state index is 0.111. The second kappa shape index (κ2) is 8.07. The van der Waals surface area contributed by atoms with E-state index in [1.54, 1.807) is 43.0 Å². The fraction of sp³-hybridized carbons (Fsp3) is 0.318. The molecule has 0 saturated heterocycles. The van der Waals surface area contributed by atoms with Gasteiger partial charge in [-0.15, -0.1) is 10.2 Å². The zero-order chi connectivity index (χ0) is 21.3. The topological polar surface area (TPSA) is 68.5 Å². The molecule has 1 aliphatic rings. The first kappa shape index (κ1) is 20.3. The molecular formula is C22H21ClFN3O3. The van der Waals surface area contributed by atoms with E-state index in [1.807, 2.05) is 0 Å². The molecular weight excluding hydrogens is 409 g/mol. The summed E-state index contributed by atoms with van der Waals surface area (Å²) in [6.07, 6.45) is 1.83. The van der Waals surface area contributed by atoms with Gasteiger partial charge in [-0.3, -0.25) is 4.79 Å². The lowest BCUT2D eigenvalue weighted by Crippen LogP contribution is -2.49. The summed E-state index contributed by atoms with van der Waals surface area (Å²) in [5.41, 5.74) is -0.387. The maximum atomic E-state index is 13.3. The molecule has 1 aliphatic carbocycles. The minimum Gasteiger partial charge on any atom is -0.478 e. The van der Waals surface area contributed by atoms with Crippen molar-refractivity contribution in [2.75, 3.05) is 0 Å². The van der Waals surface area contributed by atoms with Crippen LogP contribution in [0.3, 0.4) is 0 Å². The van der Waals surface area contributed by atoms with Crippen molar-refractivity contribution in [3.05, 3.63) is 65.3 Å². The second-order valence-corrected chi connectivity index (χ2v) is 8.17. The number of carbonyl (C=O) groups is 1. The molecule has 6 nitrogen and oxygen atoms in total.